The van der Waals surface area contributed by atoms with Crippen molar-refractivity contribution in [3.05, 3.63) is 16.1 Å². The van der Waals surface area contributed by atoms with Crippen LogP contribution in [0.4, 0.5) is 22.0 Å². The SMILES string of the molecule is FC(F)(F)c1nc(C(F)(F)CBr)cs1. The van der Waals surface area contributed by atoms with Gasteiger partial charge < -0.3 is 0 Å². The van der Waals surface area contributed by atoms with Gasteiger partial charge in [-0.15, -0.1) is 11.3 Å². The highest BCUT2D eigenvalue weighted by Crippen LogP contribution is 2.36. The zero-order valence-corrected chi connectivity index (χ0v) is 8.81. The van der Waals surface area contributed by atoms with Crippen molar-refractivity contribution in [1.82, 2.24) is 4.98 Å². The van der Waals surface area contributed by atoms with Crippen LogP contribution >= 0.6 is 27.3 Å². The average molecular weight is 296 g/mol. The third kappa shape index (κ3) is 2.41. The molecule has 0 spiro atoms. The maximum Gasteiger partial charge on any atom is 0.443 e. The second-order valence-corrected chi connectivity index (χ2v) is 3.79. The molecular formula is C6H3BrF5NS. The van der Waals surface area contributed by atoms with Crippen molar-refractivity contribution in [2.75, 3.05) is 5.33 Å². The number of hydrogen-bond acceptors (Lipinski definition) is 2. The minimum atomic E-state index is -4.66. The monoisotopic (exact) mass is 295 g/mol. The first-order chi connectivity index (χ1) is 6.27. The standard InChI is InChI=1S/C6H3BrF5NS/c7-2-5(8,9)3-1-14-4(13-3)6(10,11)12/h1H,2H2. The lowest BCUT2D eigenvalue weighted by Gasteiger charge is -2.08. The van der Waals surface area contributed by atoms with Crippen LogP contribution in [0.5, 0.6) is 0 Å². The normalized spacial score (nSPS) is 13.3. The fourth-order valence-corrected chi connectivity index (χ4v) is 1.66. The molecule has 0 unspecified atom stereocenters. The molecule has 0 saturated heterocycles. The molecule has 1 rings (SSSR count). The van der Waals surface area contributed by atoms with Gasteiger partial charge in [0.1, 0.15) is 5.69 Å². The Morgan fingerprint density at radius 1 is 1.29 bits per heavy atom. The topological polar surface area (TPSA) is 12.9 Å². The molecule has 0 bridgehead atoms. The number of nitrogens with zero attached hydrogens (tertiary/aromatic N) is 1. The highest BCUT2D eigenvalue weighted by Gasteiger charge is 2.39. The van der Waals surface area contributed by atoms with E-state index in [0.29, 0.717) is 5.38 Å². The van der Waals surface area contributed by atoms with Crippen LogP contribution in [0.15, 0.2) is 5.38 Å². The van der Waals surface area contributed by atoms with Crippen molar-refractivity contribution in [1.29, 1.82) is 0 Å². The van der Waals surface area contributed by atoms with Gasteiger partial charge in [0.05, 0.1) is 5.33 Å². The van der Waals surface area contributed by atoms with Crippen molar-refractivity contribution < 1.29 is 22.0 Å². The summed E-state index contributed by atoms with van der Waals surface area (Å²) in [5.74, 6) is -3.36. The zero-order valence-electron chi connectivity index (χ0n) is 6.41. The summed E-state index contributed by atoms with van der Waals surface area (Å²) in [6, 6.07) is 0. The highest BCUT2D eigenvalue weighted by molar-refractivity contribution is 9.09. The van der Waals surface area contributed by atoms with Gasteiger partial charge in [0, 0.05) is 5.38 Å². The molecule has 1 heterocycles. The number of thiazole rings is 1. The second-order valence-electron chi connectivity index (χ2n) is 2.37. The molecule has 14 heavy (non-hydrogen) atoms. The van der Waals surface area contributed by atoms with Crippen LogP contribution in [0.25, 0.3) is 0 Å². The van der Waals surface area contributed by atoms with Gasteiger partial charge in [-0.05, 0) is 0 Å². The Morgan fingerprint density at radius 3 is 2.21 bits per heavy atom. The summed E-state index contributed by atoms with van der Waals surface area (Å²) in [5.41, 5.74) is -0.855. The van der Waals surface area contributed by atoms with Crippen molar-refractivity contribution in [3.8, 4) is 0 Å². The molecule has 1 nitrogen and oxygen atoms in total. The van der Waals surface area contributed by atoms with Gasteiger partial charge in [0.25, 0.3) is 5.92 Å². The molecule has 0 amide bonds. The van der Waals surface area contributed by atoms with Gasteiger partial charge in [-0.3, -0.25) is 0 Å². The molecule has 0 aromatic carbocycles. The van der Waals surface area contributed by atoms with Crippen LogP contribution in [0, 0.1) is 0 Å². The Labute approximate surface area is 88.1 Å². The van der Waals surface area contributed by atoms with Crippen LogP contribution < -0.4 is 0 Å². The molecule has 1 aromatic heterocycles. The molecule has 0 aliphatic heterocycles. The number of halogens is 6. The molecule has 0 aliphatic rings. The maximum atomic E-state index is 12.8. The van der Waals surface area contributed by atoms with Crippen LogP contribution in [0.1, 0.15) is 10.7 Å². The third-order valence-electron chi connectivity index (χ3n) is 1.29. The second kappa shape index (κ2) is 3.73. The Hall–Kier alpha value is -0.240. The molecule has 1 aromatic rings. The van der Waals surface area contributed by atoms with Crippen molar-refractivity contribution in [2.24, 2.45) is 0 Å². The smallest absolute Gasteiger partial charge is 0.231 e. The maximum absolute atomic E-state index is 12.8. The van der Waals surface area contributed by atoms with E-state index >= 15 is 0 Å². The molecule has 80 valence electrons. The van der Waals surface area contributed by atoms with Gasteiger partial charge >= 0.3 is 6.18 Å². The first kappa shape index (κ1) is 11.8. The van der Waals surface area contributed by atoms with E-state index in [9.17, 15) is 22.0 Å². The van der Waals surface area contributed by atoms with E-state index in [4.69, 9.17) is 0 Å². The van der Waals surface area contributed by atoms with E-state index in [0.717, 1.165) is 0 Å². The lowest BCUT2D eigenvalue weighted by Crippen LogP contribution is -2.16. The van der Waals surface area contributed by atoms with Gasteiger partial charge in [0.2, 0.25) is 0 Å². The van der Waals surface area contributed by atoms with Gasteiger partial charge in [-0.2, -0.15) is 22.0 Å². The minimum Gasteiger partial charge on any atom is -0.231 e. The molecule has 0 fully saturated rings. The van der Waals surface area contributed by atoms with E-state index < -0.39 is 28.1 Å². The summed E-state index contributed by atoms with van der Waals surface area (Å²) >= 11 is 2.66. The first-order valence-electron chi connectivity index (χ1n) is 3.24. The van der Waals surface area contributed by atoms with E-state index in [1.54, 1.807) is 0 Å². The van der Waals surface area contributed by atoms with Crippen LogP contribution in [-0.4, -0.2) is 10.3 Å². The highest BCUT2D eigenvalue weighted by atomic mass is 79.9. The third-order valence-corrected chi connectivity index (χ3v) is 2.88. The number of rotatable bonds is 2. The molecule has 0 saturated carbocycles. The number of alkyl halides is 6. The lowest BCUT2D eigenvalue weighted by molar-refractivity contribution is -0.138. The van der Waals surface area contributed by atoms with Gasteiger partial charge in [-0.25, -0.2) is 4.98 Å². The fraction of sp³-hybridized carbons (Fsp3) is 0.500. The molecule has 0 atom stereocenters. The minimum absolute atomic E-state index is 0.162. The van der Waals surface area contributed by atoms with E-state index in [1.807, 2.05) is 0 Å². The van der Waals surface area contributed by atoms with Crippen molar-refractivity contribution >= 4 is 27.3 Å². The van der Waals surface area contributed by atoms with Crippen LogP contribution in [0.3, 0.4) is 0 Å². The molecule has 8 heteroatoms. The average Bonchev–Trinajstić information content (AvgIpc) is 2.51. The Kier molecular flexibility index (Phi) is 3.15. The van der Waals surface area contributed by atoms with E-state index in [1.165, 1.54) is 0 Å². The lowest BCUT2D eigenvalue weighted by atomic mass is 10.3. The van der Waals surface area contributed by atoms with Crippen molar-refractivity contribution in [2.45, 2.75) is 12.1 Å². The first-order valence-corrected chi connectivity index (χ1v) is 5.24. The zero-order chi connectivity index (χ0) is 11.0. The van der Waals surface area contributed by atoms with Crippen LogP contribution in [-0.2, 0) is 12.1 Å². The predicted octanol–water partition coefficient (Wildman–Crippen LogP) is 3.65. The summed E-state index contributed by atoms with van der Waals surface area (Å²) in [6.07, 6.45) is -4.66. The predicted molar refractivity (Wildman–Crippen MR) is 44.8 cm³/mol. The molecule has 0 aliphatic carbocycles. The van der Waals surface area contributed by atoms with Crippen molar-refractivity contribution in [3.63, 3.8) is 0 Å². The Morgan fingerprint density at radius 2 is 1.86 bits per heavy atom. The summed E-state index contributed by atoms with van der Waals surface area (Å²) in [4.78, 5) is 2.84. The summed E-state index contributed by atoms with van der Waals surface area (Å²) < 4.78 is 61.6. The molecule has 0 N–H and O–H groups in total. The van der Waals surface area contributed by atoms with Gasteiger partial charge in [-0.1, -0.05) is 15.9 Å². The number of hydrogen-bond donors (Lipinski definition) is 0. The summed E-state index contributed by atoms with van der Waals surface area (Å²) in [6.45, 7) is 0. The summed E-state index contributed by atoms with van der Waals surface area (Å²) in [7, 11) is 0. The quantitative estimate of drug-likeness (QED) is 0.599. The van der Waals surface area contributed by atoms with Crippen LogP contribution in [0.2, 0.25) is 0 Å². The van der Waals surface area contributed by atoms with E-state index in [-0.39, 0.29) is 11.3 Å². The van der Waals surface area contributed by atoms with E-state index in [2.05, 4.69) is 20.9 Å². The molecular weight excluding hydrogens is 293 g/mol. The largest absolute Gasteiger partial charge is 0.443 e. The molecule has 0 radical (unpaired) electrons. The Balaban J connectivity index is 3.00. The summed E-state index contributed by atoms with van der Waals surface area (Å²) in [5, 5.41) is -1.29. The van der Waals surface area contributed by atoms with Gasteiger partial charge in [0.15, 0.2) is 5.01 Å². The number of aromatic nitrogens is 1. The fourth-order valence-electron chi connectivity index (χ4n) is 0.640. The Bertz CT molecular complexity index is 320.